The van der Waals surface area contributed by atoms with E-state index in [1.807, 2.05) is 18.2 Å². The van der Waals surface area contributed by atoms with E-state index in [-0.39, 0.29) is 11.7 Å². The van der Waals surface area contributed by atoms with Gasteiger partial charge in [-0.1, -0.05) is 42.1 Å². The van der Waals surface area contributed by atoms with E-state index < -0.39 is 0 Å². The Morgan fingerprint density at radius 3 is 2.71 bits per heavy atom. The number of thioether (sulfide) groups is 1. The lowest BCUT2D eigenvalue weighted by molar-refractivity contribution is 0.0936. The number of aromatic nitrogens is 3. The number of hydrogen-bond donors (Lipinski definition) is 1. The monoisotopic (exact) mass is 400 g/mol. The average Bonchev–Trinajstić information content (AvgIpc) is 3.07. The molecule has 1 aromatic heterocycles. The third kappa shape index (κ3) is 4.58. The zero-order chi connectivity index (χ0) is 19.9. The summed E-state index contributed by atoms with van der Waals surface area (Å²) in [5.41, 5.74) is 1.86. The first-order chi connectivity index (χ1) is 13.6. The Kier molecular flexibility index (Phi) is 6.78. The maximum absolute atomic E-state index is 14.2. The first-order valence-corrected chi connectivity index (χ1v) is 9.75. The number of benzene rings is 2. The normalized spacial score (nSPS) is 10.8. The molecule has 1 N–H and O–H groups in total. The molecule has 0 unspecified atom stereocenters. The molecule has 0 spiro atoms. The Hall–Kier alpha value is -2.71. The van der Waals surface area contributed by atoms with Crippen molar-refractivity contribution in [2.24, 2.45) is 0 Å². The first-order valence-electron chi connectivity index (χ1n) is 8.76. The van der Waals surface area contributed by atoms with Crippen molar-refractivity contribution in [2.45, 2.75) is 17.8 Å². The van der Waals surface area contributed by atoms with Crippen molar-refractivity contribution in [3.63, 3.8) is 0 Å². The van der Waals surface area contributed by atoms with Gasteiger partial charge in [0.15, 0.2) is 5.16 Å². The molecule has 6 nitrogen and oxygen atoms in total. The quantitative estimate of drug-likeness (QED) is 0.464. The van der Waals surface area contributed by atoms with Gasteiger partial charge in [0, 0.05) is 25.0 Å². The number of methoxy groups -OCH3 is 1. The van der Waals surface area contributed by atoms with Crippen LogP contribution in [0.25, 0.3) is 5.69 Å². The third-order valence-corrected chi connectivity index (χ3v) is 5.08. The molecular weight excluding hydrogens is 379 g/mol. The van der Waals surface area contributed by atoms with Crippen LogP contribution in [0, 0.1) is 12.7 Å². The van der Waals surface area contributed by atoms with Gasteiger partial charge in [0.05, 0.1) is 12.3 Å². The average molecular weight is 400 g/mol. The van der Waals surface area contributed by atoms with Gasteiger partial charge in [-0.05, 0) is 30.7 Å². The summed E-state index contributed by atoms with van der Waals surface area (Å²) in [5.74, 6) is 0.601. The highest BCUT2D eigenvalue weighted by Crippen LogP contribution is 2.27. The van der Waals surface area contributed by atoms with Crippen LogP contribution in [0.3, 0.4) is 0 Å². The second kappa shape index (κ2) is 9.48. The number of aryl methyl sites for hydroxylation is 1. The van der Waals surface area contributed by atoms with Crippen LogP contribution in [-0.2, 0) is 10.5 Å². The lowest BCUT2D eigenvalue weighted by Gasteiger charge is -2.11. The molecule has 146 valence electrons. The van der Waals surface area contributed by atoms with Crippen LogP contribution in [0.1, 0.15) is 21.7 Å². The van der Waals surface area contributed by atoms with Crippen LogP contribution in [0.15, 0.2) is 53.7 Å². The number of carbonyl (C=O) groups excluding carboxylic acids is 1. The fourth-order valence-electron chi connectivity index (χ4n) is 2.72. The number of amides is 1. The van der Waals surface area contributed by atoms with E-state index in [9.17, 15) is 9.18 Å². The Bertz CT molecular complexity index is 961. The predicted molar refractivity (Wildman–Crippen MR) is 106 cm³/mol. The molecule has 0 aliphatic heterocycles. The molecule has 1 amide bonds. The molecule has 0 fully saturated rings. The number of para-hydroxylation sites is 1. The molecule has 3 aromatic rings. The third-order valence-electron chi connectivity index (χ3n) is 4.10. The topological polar surface area (TPSA) is 69.0 Å². The van der Waals surface area contributed by atoms with Crippen molar-refractivity contribution >= 4 is 17.7 Å². The largest absolute Gasteiger partial charge is 0.383 e. The molecule has 0 radical (unpaired) electrons. The van der Waals surface area contributed by atoms with Crippen molar-refractivity contribution < 1.29 is 13.9 Å². The van der Waals surface area contributed by atoms with Gasteiger partial charge < -0.3 is 10.1 Å². The second-order valence-electron chi connectivity index (χ2n) is 6.01. The molecule has 0 saturated carbocycles. The molecule has 0 aliphatic rings. The standard InChI is InChI=1S/C20H21FN4O2S/c1-14-23-24-20(25(14)18-10-6-5-9-17(18)21)28-13-15-7-3-4-8-16(15)19(26)22-11-12-27-2/h3-10H,11-13H2,1-2H3,(H,22,26). The lowest BCUT2D eigenvalue weighted by Crippen LogP contribution is -2.27. The van der Waals surface area contributed by atoms with Crippen LogP contribution in [0.4, 0.5) is 4.39 Å². The summed E-state index contributed by atoms with van der Waals surface area (Å²) in [6.07, 6.45) is 0. The summed E-state index contributed by atoms with van der Waals surface area (Å²) in [7, 11) is 1.59. The zero-order valence-electron chi connectivity index (χ0n) is 15.7. The Balaban J connectivity index is 1.79. The van der Waals surface area contributed by atoms with E-state index in [2.05, 4.69) is 15.5 Å². The summed E-state index contributed by atoms with van der Waals surface area (Å²) in [4.78, 5) is 12.4. The summed E-state index contributed by atoms with van der Waals surface area (Å²) < 4.78 is 20.9. The highest BCUT2D eigenvalue weighted by Gasteiger charge is 2.16. The second-order valence-corrected chi connectivity index (χ2v) is 6.95. The fourth-order valence-corrected chi connectivity index (χ4v) is 3.71. The minimum atomic E-state index is -0.342. The highest BCUT2D eigenvalue weighted by atomic mass is 32.2. The number of halogens is 1. The smallest absolute Gasteiger partial charge is 0.251 e. The molecule has 1 heterocycles. The van der Waals surface area contributed by atoms with Crippen molar-refractivity contribution in [3.05, 3.63) is 71.3 Å². The van der Waals surface area contributed by atoms with E-state index in [0.29, 0.717) is 41.1 Å². The van der Waals surface area contributed by atoms with Crippen molar-refractivity contribution in [3.8, 4) is 5.69 Å². The molecule has 0 saturated heterocycles. The Labute approximate surface area is 167 Å². The maximum atomic E-state index is 14.2. The van der Waals surface area contributed by atoms with Gasteiger partial charge in [-0.15, -0.1) is 10.2 Å². The van der Waals surface area contributed by atoms with Gasteiger partial charge in [0.1, 0.15) is 11.6 Å². The van der Waals surface area contributed by atoms with Crippen LogP contribution in [-0.4, -0.2) is 40.9 Å². The van der Waals surface area contributed by atoms with Gasteiger partial charge in [-0.25, -0.2) is 4.39 Å². The van der Waals surface area contributed by atoms with E-state index >= 15 is 0 Å². The number of carbonyl (C=O) groups is 1. The SMILES string of the molecule is COCCNC(=O)c1ccccc1CSc1nnc(C)n1-c1ccccc1F. The summed E-state index contributed by atoms with van der Waals surface area (Å²) in [6.45, 7) is 2.67. The van der Waals surface area contributed by atoms with Crippen LogP contribution in [0.2, 0.25) is 0 Å². The van der Waals surface area contributed by atoms with Crippen LogP contribution >= 0.6 is 11.8 Å². The first kappa shape index (κ1) is 20.0. The minimum absolute atomic E-state index is 0.153. The molecule has 0 atom stereocenters. The predicted octanol–water partition coefficient (Wildman–Crippen LogP) is 3.38. The molecule has 0 aliphatic carbocycles. The summed E-state index contributed by atoms with van der Waals surface area (Å²) in [5, 5.41) is 11.7. The Morgan fingerprint density at radius 2 is 1.93 bits per heavy atom. The number of nitrogens with one attached hydrogen (secondary N) is 1. The molecular formula is C20H21FN4O2S. The maximum Gasteiger partial charge on any atom is 0.251 e. The number of rotatable bonds is 8. The van der Waals surface area contributed by atoms with Gasteiger partial charge in [-0.2, -0.15) is 0 Å². The number of hydrogen-bond acceptors (Lipinski definition) is 5. The van der Waals surface area contributed by atoms with Crippen molar-refractivity contribution in [2.75, 3.05) is 20.3 Å². The van der Waals surface area contributed by atoms with E-state index in [0.717, 1.165) is 5.56 Å². The fraction of sp³-hybridized carbons (Fsp3) is 0.250. The van der Waals surface area contributed by atoms with Crippen molar-refractivity contribution in [1.29, 1.82) is 0 Å². The molecule has 3 rings (SSSR count). The van der Waals surface area contributed by atoms with E-state index in [1.165, 1.54) is 17.8 Å². The highest BCUT2D eigenvalue weighted by molar-refractivity contribution is 7.98. The number of ether oxygens (including phenoxy) is 1. The molecule has 28 heavy (non-hydrogen) atoms. The lowest BCUT2D eigenvalue weighted by atomic mass is 10.1. The van der Waals surface area contributed by atoms with Gasteiger partial charge >= 0.3 is 0 Å². The summed E-state index contributed by atoms with van der Waals surface area (Å²) in [6, 6.07) is 13.9. The summed E-state index contributed by atoms with van der Waals surface area (Å²) >= 11 is 1.40. The van der Waals surface area contributed by atoms with Gasteiger partial charge in [0.2, 0.25) is 0 Å². The minimum Gasteiger partial charge on any atom is -0.383 e. The van der Waals surface area contributed by atoms with Gasteiger partial charge in [-0.3, -0.25) is 9.36 Å². The zero-order valence-corrected chi connectivity index (χ0v) is 16.5. The Morgan fingerprint density at radius 1 is 1.18 bits per heavy atom. The molecule has 0 bridgehead atoms. The van der Waals surface area contributed by atoms with Crippen molar-refractivity contribution in [1.82, 2.24) is 20.1 Å². The van der Waals surface area contributed by atoms with Crippen LogP contribution < -0.4 is 5.32 Å². The van der Waals surface area contributed by atoms with Gasteiger partial charge in [0.25, 0.3) is 5.91 Å². The van der Waals surface area contributed by atoms with E-state index in [1.54, 1.807) is 42.9 Å². The van der Waals surface area contributed by atoms with E-state index in [4.69, 9.17) is 4.74 Å². The number of nitrogens with zero attached hydrogens (tertiary/aromatic N) is 3. The molecule has 2 aromatic carbocycles. The van der Waals surface area contributed by atoms with Crippen LogP contribution in [0.5, 0.6) is 0 Å². The molecule has 8 heteroatoms.